The number of rotatable bonds is 2. The van der Waals surface area contributed by atoms with E-state index < -0.39 is 37.3 Å². The van der Waals surface area contributed by atoms with Crippen molar-refractivity contribution in [2.24, 2.45) is 5.11 Å². The van der Waals surface area contributed by atoms with Crippen molar-refractivity contribution in [3.05, 3.63) is 10.4 Å². The van der Waals surface area contributed by atoms with E-state index in [0.29, 0.717) is 0 Å². The zero-order chi connectivity index (χ0) is 10.7. The van der Waals surface area contributed by atoms with E-state index in [1.165, 1.54) is 0 Å². The molecule has 0 unspecified atom stereocenters. The van der Waals surface area contributed by atoms with Crippen LogP contribution in [0.2, 0.25) is 0 Å². The van der Waals surface area contributed by atoms with Crippen LogP contribution in [0.3, 0.4) is 0 Å². The van der Waals surface area contributed by atoms with Crippen molar-refractivity contribution in [1.82, 2.24) is 0 Å². The maximum atomic E-state index is 9.37. The molecule has 0 aromatic carbocycles. The molecule has 14 heavy (non-hydrogen) atoms. The monoisotopic (exact) mass is 205 g/mol. The van der Waals surface area contributed by atoms with Gasteiger partial charge in [-0.25, -0.2) is 0 Å². The molecule has 0 radical (unpaired) electrons. The van der Waals surface area contributed by atoms with E-state index in [0.717, 1.165) is 0 Å². The van der Waals surface area contributed by atoms with Gasteiger partial charge in [0, 0.05) is 4.91 Å². The van der Waals surface area contributed by atoms with Gasteiger partial charge in [-0.2, -0.15) is 0 Å². The molecule has 1 fully saturated rings. The first kappa shape index (κ1) is 11.2. The first-order valence-corrected chi connectivity index (χ1v) is 3.96. The van der Waals surface area contributed by atoms with Crippen molar-refractivity contribution in [1.29, 1.82) is 0 Å². The molecule has 0 bridgehead atoms. The molecule has 0 amide bonds. The summed E-state index contributed by atoms with van der Waals surface area (Å²) in [5, 5.41) is 39.7. The summed E-state index contributed by atoms with van der Waals surface area (Å²) in [6, 6.07) is -1.27. The van der Waals surface area contributed by atoms with Crippen LogP contribution in [0.4, 0.5) is 0 Å². The van der Waals surface area contributed by atoms with Gasteiger partial charge in [0.05, 0.1) is 12.7 Å². The van der Waals surface area contributed by atoms with E-state index in [9.17, 15) is 15.3 Å². The Labute approximate surface area is 79.0 Å². The highest BCUT2D eigenvalue weighted by Crippen LogP contribution is 2.21. The van der Waals surface area contributed by atoms with Crippen LogP contribution in [0, 0.1) is 0 Å². The van der Waals surface area contributed by atoms with Crippen LogP contribution >= 0.6 is 0 Å². The molecule has 4 N–H and O–H groups in total. The summed E-state index contributed by atoms with van der Waals surface area (Å²) in [6.07, 6.45) is -5.45. The Balaban J connectivity index is 2.78. The van der Waals surface area contributed by atoms with Crippen LogP contribution in [0.15, 0.2) is 5.11 Å². The van der Waals surface area contributed by atoms with Crippen LogP contribution in [0.5, 0.6) is 0 Å². The Bertz CT molecular complexity index is 244. The van der Waals surface area contributed by atoms with Gasteiger partial charge in [-0.1, -0.05) is 5.11 Å². The van der Waals surface area contributed by atoms with E-state index in [2.05, 4.69) is 10.0 Å². The van der Waals surface area contributed by atoms with Crippen molar-refractivity contribution in [3.63, 3.8) is 0 Å². The molecule has 8 heteroatoms. The number of aliphatic hydroxyl groups excluding tert-OH is 4. The second-order valence-corrected chi connectivity index (χ2v) is 2.92. The van der Waals surface area contributed by atoms with Gasteiger partial charge in [-0.15, -0.1) is 0 Å². The molecule has 1 heterocycles. The SMILES string of the molecule is [N-]=[N+]=N[C@H]1[C@@H](O)[C@H](O)[C@@H](CO)O[C@@H]1O. The zero-order valence-electron chi connectivity index (χ0n) is 7.13. The normalized spacial score (nSPS) is 43.0. The van der Waals surface area contributed by atoms with Gasteiger partial charge in [-0.3, -0.25) is 0 Å². The maximum Gasteiger partial charge on any atom is 0.166 e. The molecule has 80 valence electrons. The summed E-state index contributed by atoms with van der Waals surface area (Å²) in [5.74, 6) is 0. The average molecular weight is 205 g/mol. The number of ether oxygens (including phenoxy) is 1. The third-order valence-electron chi connectivity index (χ3n) is 2.05. The lowest BCUT2D eigenvalue weighted by molar-refractivity contribution is -0.248. The van der Waals surface area contributed by atoms with Crippen LogP contribution in [-0.2, 0) is 4.74 Å². The highest BCUT2D eigenvalue weighted by molar-refractivity contribution is 4.92. The number of hydrogen-bond donors (Lipinski definition) is 4. The Hall–Kier alpha value is -0.890. The van der Waals surface area contributed by atoms with E-state index >= 15 is 0 Å². The fourth-order valence-electron chi connectivity index (χ4n) is 1.27. The predicted octanol–water partition coefficient (Wildman–Crippen LogP) is -1.90. The van der Waals surface area contributed by atoms with Crippen molar-refractivity contribution in [2.75, 3.05) is 6.61 Å². The lowest BCUT2D eigenvalue weighted by atomic mass is 9.98. The van der Waals surface area contributed by atoms with E-state index in [4.69, 9.17) is 15.4 Å². The van der Waals surface area contributed by atoms with Crippen LogP contribution in [0.1, 0.15) is 0 Å². The minimum atomic E-state index is -1.53. The molecular formula is C6H11N3O5. The van der Waals surface area contributed by atoms with Gasteiger partial charge >= 0.3 is 0 Å². The fourth-order valence-corrected chi connectivity index (χ4v) is 1.27. The average Bonchev–Trinajstić information content (AvgIpc) is 2.18. The summed E-state index contributed by atoms with van der Waals surface area (Å²) < 4.78 is 4.71. The van der Waals surface area contributed by atoms with E-state index in [1.807, 2.05) is 0 Å². The second-order valence-electron chi connectivity index (χ2n) is 2.92. The molecule has 1 saturated heterocycles. The van der Waals surface area contributed by atoms with Gasteiger partial charge in [0.2, 0.25) is 0 Å². The topological polar surface area (TPSA) is 139 Å². The van der Waals surface area contributed by atoms with Gasteiger partial charge in [-0.05, 0) is 5.53 Å². The minimum absolute atomic E-state index is 0.543. The Kier molecular flexibility index (Phi) is 3.64. The number of azide groups is 1. The lowest BCUT2D eigenvalue weighted by Crippen LogP contribution is -2.57. The van der Waals surface area contributed by atoms with Crippen molar-refractivity contribution < 1.29 is 25.2 Å². The summed E-state index contributed by atoms with van der Waals surface area (Å²) in [5.41, 5.74) is 8.11. The smallest absolute Gasteiger partial charge is 0.166 e. The van der Waals surface area contributed by atoms with E-state index in [1.54, 1.807) is 0 Å². The Morgan fingerprint density at radius 2 is 1.93 bits per heavy atom. The summed E-state index contributed by atoms with van der Waals surface area (Å²) in [6.45, 7) is -0.543. The van der Waals surface area contributed by atoms with Crippen LogP contribution in [0.25, 0.3) is 10.4 Å². The van der Waals surface area contributed by atoms with Gasteiger partial charge in [0.1, 0.15) is 18.2 Å². The maximum absolute atomic E-state index is 9.37. The summed E-state index contributed by atoms with van der Waals surface area (Å²) in [7, 11) is 0. The highest BCUT2D eigenvalue weighted by atomic mass is 16.6. The van der Waals surface area contributed by atoms with Crippen molar-refractivity contribution in [3.8, 4) is 0 Å². The number of nitrogens with zero attached hydrogens (tertiary/aromatic N) is 3. The molecule has 0 aromatic rings. The summed E-state index contributed by atoms with van der Waals surface area (Å²) in [4.78, 5) is 2.40. The number of aliphatic hydroxyl groups is 4. The molecule has 0 aromatic heterocycles. The molecule has 0 aliphatic carbocycles. The quantitative estimate of drug-likeness (QED) is 0.237. The molecule has 0 saturated carbocycles. The van der Waals surface area contributed by atoms with Gasteiger partial charge in [0.15, 0.2) is 6.29 Å². The van der Waals surface area contributed by atoms with Crippen molar-refractivity contribution in [2.45, 2.75) is 30.6 Å². The molecule has 5 atom stereocenters. The predicted molar refractivity (Wildman–Crippen MR) is 42.9 cm³/mol. The van der Waals surface area contributed by atoms with Crippen molar-refractivity contribution >= 4 is 0 Å². The summed E-state index contributed by atoms with van der Waals surface area (Å²) >= 11 is 0. The first-order valence-electron chi connectivity index (χ1n) is 3.96. The standard InChI is InChI=1S/C6H11N3O5/c7-9-8-3-5(12)4(11)2(1-10)14-6(3)13/h2-6,10-13H,1H2/t2-,3+,4-,5-,6+/m1/s1. The molecule has 1 rings (SSSR count). The Morgan fingerprint density at radius 3 is 2.43 bits per heavy atom. The molecule has 1 aliphatic heterocycles. The minimum Gasteiger partial charge on any atom is -0.394 e. The first-order chi connectivity index (χ1) is 6.61. The van der Waals surface area contributed by atoms with E-state index in [-0.39, 0.29) is 0 Å². The second kappa shape index (κ2) is 4.56. The number of hydrogen-bond acceptors (Lipinski definition) is 6. The van der Waals surface area contributed by atoms with Crippen LogP contribution in [-0.4, -0.2) is 57.7 Å². The third-order valence-corrected chi connectivity index (χ3v) is 2.05. The zero-order valence-corrected chi connectivity index (χ0v) is 7.13. The lowest BCUT2D eigenvalue weighted by Gasteiger charge is -2.37. The Morgan fingerprint density at radius 1 is 1.29 bits per heavy atom. The van der Waals surface area contributed by atoms with Gasteiger partial charge < -0.3 is 25.2 Å². The van der Waals surface area contributed by atoms with Gasteiger partial charge in [0.25, 0.3) is 0 Å². The molecule has 0 spiro atoms. The fraction of sp³-hybridized carbons (Fsp3) is 1.00. The third kappa shape index (κ3) is 1.95. The molecular weight excluding hydrogens is 194 g/mol. The molecule has 1 aliphatic rings. The highest BCUT2D eigenvalue weighted by Gasteiger charge is 2.43. The largest absolute Gasteiger partial charge is 0.394 e. The van der Waals surface area contributed by atoms with Crippen LogP contribution < -0.4 is 0 Å². The molecule has 8 nitrogen and oxygen atoms in total.